The molecule has 114 valence electrons. The van der Waals surface area contributed by atoms with Crippen LogP contribution in [0.4, 0.5) is 0 Å². The highest BCUT2D eigenvalue weighted by molar-refractivity contribution is 7.62. The molecule has 1 aromatic rings. The number of nitrogens with one attached hydrogen (secondary N) is 1. The standard InChI is InChI=1S/C13H23NO4P2/c1-11-6-8-12(9-7-11)13(14-10-19(4,5)15)20(16,17-2)18-3/h6-9,13-14H,10H2,1-5H3. The minimum Gasteiger partial charge on any atom is -0.323 e. The second-order valence-electron chi connectivity index (χ2n) is 5.15. The van der Waals surface area contributed by atoms with Gasteiger partial charge in [0.05, 0.1) is 7.14 Å². The van der Waals surface area contributed by atoms with Crippen LogP contribution in [0, 0.1) is 6.92 Å². The molecule has 0 aliphatic rings. The monoisotopic (exact) mass is 319 g/mol. The first-order valence-electron chi connectivity index (χ1n) is 6.27. The molecule has 5 nitrogen and oxygen atoms in total. The number of benzene rings is 1. The van der Waals surface area contributed by atoms with Crippen molar-refractivity contribution >= 4 is 14.7 Å². The van der Waals surface area contributed by atoms with Gasteiger partial charge in [-0.05, 0) is 25.8 Å². The molecule has 0 radical (unpaired) electrons. The van der Waals surface area contributed by atoms with Gasteiger partial charge in [-0.15, -0.1) is 0 Å². The van der Waals surface area contributed by atoms with Gasteiger partial charge in [0.25, 0.3) is 0 Å². The molecule has 0 saturated heterocycles. The molecule has 0 aliphatic heterocycles. The van der Waals surface area contributed by atoms with Crippen molar-refractivity contribution in [3.63, 3.8) is 0 Å². The van der Waals surface area contributed by atoms with Gasteiger partial charge >= 0.3 is 7.60 Å². The molecule has 0 spiro atoms. The zero-order valence-corrected chi connectivity index (χ0v) is 14.4. The molecule has 0 fully saturated rings. The molecule has 1 N–H and O–H groups in total. The Morgan fingerprint density at radius 2 is 1.60 bits per heavy atom. The van der Waals surface area contributed by atoms with Crippen molar-refractivity contribution in [3.8, 4) is 0 Å². The van der Waals surface area contributed by atoms with Crippen LogP contribution in [0.1, 0.15) is 16.9 Å². The summed E-state index contributed by atoms with van der Waals surface area (Å²) in [4.78, 5) is 0. The molecule has 0 bridgehead atoms. The molecule has 1 rings (SSSR count). The highest BCUT2D eigenvalue weighted by Crippen LogP contribution is 2.59. The molecule has 0 aliphatic carbocycles. The van der Waals surface area contributed by atoms with Crippen molar-refractivity contribution in [2.24, 2.45) is 0 Å². The summed E-state index contributed by atoms with van der Waals surface area (Å²) < 4.78 is 34.7. The maximum Gasteiger partial charge on any atom is 0.351 e. The molecule has 1 aromatic carbocycles. The molecule has 0 aromatic heterocycles. The Morgan fingerprint density at radius 1 is 1.10 bits per heavy atom. The van der Waals surface area contributed by atoms with E-state index < -0.39 is 20.5 Å². The van der Waals surface area contributed by atoms with Crippen molar-refractivity contribution in [2.75, 3.05) is 33.8 Å². The number of hydrogen-bond donors (Lipinski definition) is 1. The Morgan fingerprint density at radius 3 is 2.00 bits per heavy atom. The van der Waals surface area contributed by atoms with Gasteiger partial charge in [-0.25, -0.2) is 0 Å². The van der Waals surface area contributed by atoms with Crippen LogP contribution < -0.4 is 5.32 Å². The van der Waals surface area contributed by atoms with Crippen LogP contribution in [-0.4, -0.2) is 33.8 Å². The molecule has 1 unspecified atom stereocenters. The highest BCUT2D eigenvalue weighted by Gasteiger charge is 2.35. The van der Waals surface area contributed by atoms with Crippen LogP contribution >= 0.6 is 14.7 Å². The predicted octanol–water partition coefficient (Wildman–Crippen LogP) is 3.65. The van der Waals surface area contributed by atoms with Crippen LogP contribution in [0.5, 0.6) is 0 Å². The van der Waals surface area contributed by atoms with Crippen LogP contribution in [0.3, 0.4) is 0 Å². The molecule has 1 atom stereocenters. The average Bonchev–Trinajstić information content (AvgIpc) is 2.39. The van der Waals surface area contributed by atoms with E-state index in [1.165, 1.54) is 14.2 Å². The first-order chi connectivity index (χ1) is 9.22. The lowest BCUT2D eigenvalue weighted by Crippen LogP contribution is -2.23. The Labute approximate surface area is 121 Å². The fourth-order valence-corrected chi connectivity index (χ4v) is 3.94. The van der Waals surface area contributed by atoms with Gasteiger partial charge in [0.2, 0.25) is 0 Å². The van der Waals surface area contributed by atoms with Gasteiger partial charge in [0, 0.05) is 20.5 Å². The van der Waals surface area contributed by atoms with E-state index in [9.17, 15) is 9.13 Å². The Bertz CT molecular complexity index is 516. The normalized spacial score (nSPS) is 14.2. The van der Waals surface area contributed by atoms with E-state index in [1.54, 1.807) is 13.3 Å². The zero-order valence-electron chi connectivity index (χ0n) is 12.6. The summed E-state index contributed by atoms with van der Waals surface area (Å²) in [5, 5.41) is 3.06. The number of hydrogen-bond acceptors (Lipinski definition) is 5. The van der Waals surface area contributed by atoms with Crippen LogP contribution in [0.15, 0.2) is 24.3 Å². The van der Waals surface area contributed by atoms with Gasteiger partial charge < -0.3 is 13.6 Å². The molecular weight excluding hydrogens is 296 g/mol. The SMILES string of the molecule is COP(=O)(OC)C(NCP(C)(C)=O)c1ccc(C)cc1. The van der Waals surface area contributed by atoms with Crippen molar-refractivity contribution in [1.82, 2.24) is 5.32 Å². The molecular formula is C13H23NO4P2. The Hall–Kier alpha value is -0.440. The van der Waals surface area contributed by atoms with Gasteiger partial charge in [0.1, 0.15) is 5.78 Å². The first-order valence-corrected chi connectivity index (χ1v) is 10.7. The van der Waals surface area contributed by atoms with Crippen molar-refractivity contribution < 1.29 is 18.2 Å². The first kappa shape index (κ1) is 17.6. The van der Waals surface area contributed by atoms with Crippen molar-refractivity contribution in [2.45, 2.75) is 12.7 Å². The zero-order chi connectivity index (χ0) is 15.4. The molecule has 20 heavy (non-hydrogen) atoms. The molecule has 0 heterocycles. The largest absolute Gasteiger partial charge is 0.351 e. The molecule has 7 heteroatoms. The van der Waals surface area contributed by atoms with E-state index >= 15 is 0 Å². The van der Waals surface area contributed by atoms with Crippen LogP contribution in [0.2, 0.25) is 0 Å². The predicted molar refractivity (Wildman–Crippen MR) is 83.0 cm³/mol. The quantitative estimate of drug-likeness (QED) is 0.777. The number of rotatable bonds is 7. The Balaban J connectivity index is 3.10. The Kier molecular flexibility index (Phi) is 6.18. The van der Waals surface area contributed by atoms with Crippen LogP contribution in [-0.2, 0) is 18.2 Å². The summed E-state index contributed by atoms with van der Waals surface area (Å²) in [6.45, 7) is 5.33. The van der Waals surface area contributed by atoms with Crippen LogP contribution in [0.25, 0.3) is 0 Å². The second-order valence-corrected chi connectivity index (χ2v) is 10.9. The lowest BCUT2D eigenvalue weighted by atomic mass is 10.1. The lowest BCUT2D eigenvalue weighted by Gasteiger charge is -2.26. The van der Waals surface area contributed by atoms with Crippen molar-refractivity contribution in [1.29, 1.82) is 0 Å². The van der Waals surface area contributed by atoms with E-state index in [0.717, 1.165) is 11.1 Å². The van der Waals surface area contributed by atoms with E-state index in [4.69, 9.17) is 9.05 Å². The molecule has 0 saturated carbocycles. The third-order valence-corrected chi connectivity index (χ3v) is 5.96. The topological polar surface area (TPSA) is 64.6 Å². The average molecular weight is 319 g/mol. The minimum absolute atomic E-state index is 0.266. The third-order valence-electron chi connectivity index (χ3n) is 2.88. The fourth-order valence-electron chi connectivity index (χ4n) is 1.75. The number of aryl methyl sites for hydroxylation is 1. The third kappa shape index (κ3) is 4.83. The highest BCUT2D eigenvalue weighted by atomic mass is 31.2. The fraction of sp³-hybridized carbons (Fsp3) is 0.538. The maximum absolute atomic E-state index is 12.7. The summed E-state index contributed by atoms with van der Waals surface area (Å²) in [6, 6.07) is 7.59. The van der Waals surface area contributed by atoms with E-state index in [-0.39, 0.29) is 6.29 Å². The summed E-state index contributed by atoms with van der Waals surface area (Å²) in [7, 11) is -2.93. The van der Waals surface area contributed by atoms with E-state index in [0.29, 0.717) is 0 Å². The van der Waals surface area contributed by atoms with Crippen molar-refractivity contribution in [3.05, 3.63) is 35.4 Å². The van der Waals surface area contributed by atoms with Gasteiger partial charge in [-0.2, -0.15) is 0 Å². The maximum atomic E-state index is 12.7. The summed E-state index contributed by atoms with van der Waals surface area (Å²) in [5.74, 6) is -0.633. The molecule has 0 amide bonds. The lowest BCUT2D eigenvalue weighted by molar-refractivity contribution is 0.261. The van der Waals surface area contributed by atoms with Gasteiger partial charge in [-0.1, -0.05) is 29.8 Å². The summed E-state index contributed by atoms with van der Waals surface area (Å²) in [6.07, 6.45) is 0.266. The summed E-state index contributed by atoms with van der Waals surface area (Å²) in [5.41, 5.74) is 1.89. The van der Waals surface area contributed by atoms with E-state index in [2.05, 4.69) is 5.32 Å². The smallest absolute Gasteiger partial charge is 0.323 e. The minimum atomic E-state index is -3.35. The van der Waals surface area contributed by atoms with Gasteiger partial charge in [0.15, 0.2) is 0 Å². The summed E-state index contributed by atoms with van der Waals surface area (Å²) >= 11 is 0. The van der Waals surface area contributed by atoms with E-state index in [1.807, 2.05) is 31.2 Å². The second kappa shape index (κ2) is 7.02. The van der Waals surface area contributed by atoms with Gasteiger partial charge in [-0.3, -0.25) is 9.88 Å².